The van der Waals surface area contributed by atoms with Gasteiger partial charge >= 0.3 is 7.82 Å². The molecule has 0 spiro atoms. The van der Waals surface area contributed by atoms with Gasteiger partial charge in [-0.05, 0) is 13.3 Å². The van der Waals surface area contributed by atoms with E-state index in [0.717, 1.165) is 5.57 Å². The summed E-state index contributed by atoms with van der Waals surface area (Å²) in [5.74, 6) is 0. The van der Waals surface area contributed by atoms with Crippen LogP contribution in [0.2, 0.25) is 0 Å². The second kappa shape index (κ2) is 6.59. The fourth-order valence-electron chi connectivity index (χ4n) is 0.655. The lowest BCUT2D eigenvalue weighted by atomic mass is 10.2. The fourth-order valence-corrected chi connectivity index (χ4v) is 0.924. The second-order valence-corrected chi connectivity index (χ2v) is 3.79. The molecule has 3 N–H and O–H groups in total. The van der Waals surface area contributed by atoms with Gasteiger partial charge in [-0.15, -0.1) is 0 Å². The third-order valence-electron chi connectivity index (χ3n) is 1.35. The van der Waals surface area contributed by atoms with E-state index in [0.29, 0.717) is 13.0 Å². The van der Waals surface area contributed by atoms with E-state index in [-0.39, 0.29) is 6.61 Å². The summed E-state index contributed by atoms with van der Waals surface area (Å²) >= 11 is 0. The molecule has 0 heterocycles. The molecule has 0 aromatic rings. The van der Waals surface area contributed by atoms with Crippen molar-refractivity contribution in [3.63, 3.8) is 0 Å². The van der Waals surface area contributed by atoms with Crippen LogP contribution in [0.5, 0.6) is 0 Å². The molecule has 0 saturated heterocycles. The van der Waals surface area contributed by atoms with Gasteiger partial charge in [0.1, 0.15) is 17.2 Å². The van der Waals surface area contributed by atoms with Gasteiger partial charge in [0.25, 0.3) is 0 Å². The van der Waals surface area contributed by atoms with Gasteiger partial charge in [0.15, 0.2) is 0 Å². The molecule has 0 atom stereocenters. The molecule has 14 heavy (non-hydrogen) atoms. The summed E-state index contributed by atoms with van der Waals surface area (Å²) in [4.78, 5) is 19.5. The standard InChI is InChI=1S/C6H12N3O4P/c1-6(2-4-8-9-7)3-5-13-14(10,11)12/h3,7H,2,4-5H2,1H3,(H-,10,11,12)/p+1/b6-3-. The van der Waals surface area contributed by atoms with E-state index in [1.807, 2.05) is 0 Å². The molecular weight excluding hydrogens is 209 g/mol. The molecule has 0 saturated carbocycles. The lowest BCUT2D eigenvalue weighted by Crippen LogP contribution is -1.91. The summed E-state index contributed by atoms with van der Waals surface area (Å²) in [5, 5.41) is 3.43. The average Bonchev–Trinajstić information content (AvgIpc) is 2.02. The summed E-state index contributed by atoms with van der Waals surface area (Å²) in [6.07, 6.45) is 2.14. The fraction of sp³-hybridized carbons (Fsp3) is 0.667. The highest BCUT2D eigenvalue weighted by molar-refractivity contribution is 7.46. The molecule has 0 aliphatic heterocycles. The number of hydrogen-bond donors (Lipinski definition) is 3. The van der Waals surface area contributed by atoms with Gasteiger partial charge in [0.05, 0.1) is 6.61 Å². The minimum absolute atomic E-state index is 0.131. The maximum Gasteiger partial charge on any atom is 0.469 e. The molecule has 0 radical (unpaired) electrons. The Hall–Kier alpha value is -0.840. The summed E-state index contributed by atoms with van der Waals surface area (Å²) in [6, 6.07) is 0. The largest absolute Gasteiger partial charge is 0.469 e. The summed E-state index contributed by atoms with van der Waals surface area (Å²) in [7, 11) is -4.37. The lowest BCUT2D eigenvalue weighted by molar-refractivity contribution is 0.215. The van der Waals surface area contributed by atoms with Gasteiger partial charge in [-0.3, -0.25) is 4.52 Å². The van der Waals surface area contributed by atoms with Crippen LogP contribution < -0.4 is 4.91 Å². The van der Waals surface area contributed by atoms with Crippen LogP contribution in [-0.2, 0) is 9.09 Å². The predicted molar refractivity (Wildman–Crippen MR) is 48.5 cm³/mol. The second-order valence-electron chi connectivity index (χ2n) is 2.55. The number of nitrogens with one attached hydrogen (secondary N) is 1. The highest BCUT2D eigenvalue weighted by atomic mass is 31.2. The van der Waals surface area contributed by atoms with Crippen molar-refractivity contribution in [2.75, 3.05) is 13.2 Å². The Labute approximate surface area is 81.3 Å². The van der Waals surface area contributed by atoms with Gasteiger partial charge in [0.2, 0.25) is 4.91 Å². The Kier molecular flexibility index (Phi) is 6.19. The molecular formula is C6H13N3O4P+. The topological polar surface area (TPSA) is 117 Å². The van der Waals surface area contributed by atoms with Crippen LogP contribution in [0.3, 0.4) is 0 Å². The molecule has 0 bridgehead atoms. The Morgan fingerprint density at radius 3 is 2.86 bits per heavy atom. The third kappa shape index (κ3) is 9.25. The van der Waals surface area contributed by atoms with Crippen molar-refractivity contribution in [2.24, 2.45) is 5.11 Å². The third-order valence-corrected chi connectivity index (χ3v) is 1.84. The van der Waals surface area contributed by atoms with Crippen molar-refractivity contribution in [3.8, 4) is 0 Å². The number of phosphoric acid groups is 1. The van der Waals surface area contributed by atoms with Crippen LogP contribution in [0, 0.1) is 5.53 Å². The SMILES string of the molecule is C/C(=C/COP(=O)(O)O)CCN=[N+]=N. The molecule has 0 fully saturated rings. The average molecular weight is 222 g/mol. The van der Waals surface area contributed by atoms with E-state index in [9.17, 15) is 4.57 Å². The van der Waals surface area contributed by atoms with Gasteiger partial charge in [0, 0.05) is 0 Å². The monoisotopic (exact) mass is 222 g/mol. The first-order valence-electron chi connectivity index (χ1n) is 3.84. The van der Waals surface area contributed by atoms with Crippen LogP contribution in [-0.4, -0.2) is 22.9 Å². The Bertz CT molecular complexity index is 291. The van der Waals surface area contributed by atoms with Crippen LogP contribution >= 0.6 is 7.82 Å². The van der Waals surface area contributed by atoms with Crippen molar-refractivity contribution >= 4 is 7.82 Å². The van der Waals surface area contributed by atoms with Crippen molar-refractivity contribution in [3.05, 3.63) is 11.6 Å². The first-order valence-corrected chi connectivity index (χ1v) is 5.37. The highest BCUT2D eigenvalue weighted by Crippen LogP contribution is 2.35. The molecule has 0 amide bonds. The molecule has 7 nitrogen and oxygen atoms in total. The first kappa shape index (κ1) is 13.2. The van der Waals surface area contributed by atoms with Crippen molar-refractivity contribution < 1.29 is 18.9 Å². The number of rotatable bonds is 6. The van der Waals surface area contributed by atoms with E-state index in [4.69, 9.17) is 15.3 Å². The molecule has 0 aliphatic carbocycles. The quantitative estimate of drug-likeness (QED) is 0.268. The molecule has 80 valence electrons. The smallest absolute Gasteiger partial charge is 0.303 e. The molecule has 0 rings (SSSR count). The number of hydrogen-bond acceptors (Lipinski definition) is 4. The minimum Gasteiger partial charge on any atom is -0.303 e. The van der Waals surface area contributed by atoms with Gasteiger partial charge in [-0.25, -0.2) is 4.57 Å². The van der Waals surface area contributed by atoms with E-state index in [1.165, 1.54) is 0 Å². The predicted octanol–water partition coefficient (Wildman–Crippen LogP) is 0.982. The summed E-state index contributed by atoms with van der Waals surface area (Å²) in [6.45, 7) is 2.04. The van der Waals surface area contributed by atoms with Gasteiger partial charge in [-0.1, -0.05) is 11.6 Å². The minimum atomic E-state index is -4.37. The number of phosphoric ester groups is 1. The molecule has 8 heteroatoms. The molecule has 0 unspecified atom stereocenters. The Balaban J connectivity index is 3.77. The Morgan fingerprint density at radius 1 is 1.71 bits per heavy atom. The van der Waals surface area contributed by atoms with E-state index >= 15 is 0 Å². The number of nitrogens with zero attached hydrogens (tertiary/aromatic N) is 2. The summed E-state index contributed by atoms with van der Waals surface area (Å²) < 4.78 is 14.5. The van der Waals surface area contributed by atoms with Gasteiger partial charge in [-0.2, -0.15) is 0 Å². The molecule has 0 aliphatic rings. The van der Waals surface area contributed by atoms with Crippen LogP contribution in [0.15, 0.2) is 16.8 Å². The van der Waals surface area contributed by atoms with Crippen molar-refractivity contribution in [1.82, 2.24) is 4.91 Å². The normalized spacial score (nSPS) is 12.4. The zero-order chi connectivity index (χ0) is 11.0. The van der Waals surface area contributed by atoms with E-state index < -0.39 is 7.82 Å². The maximum absolute atomic E-state index is 10.3. The summed E-state index contributed by atoms with van der Waals surface area (Å²) in [5.41, 5.74) is 7.26. The van der Waals surface area contributed by atoms with E-state index in [2.05, 4.69) is 14.5 Å². The van der Waals surface area contributed by atoms with Crippen LogP contribution in [0.25, 0.3) is 0 Å². The maximum atomic E-state index is 10.3. The van der Waals surface area contributed by atoms with Crippen LogP contribution in [0.1, 0.15) is 13.3 Å². The van der Waals surface area contributed by atoms with Crippen LogP contribution in [0.4, 0.5) is 0 Å². The van der Waals surface area contributed by atoms with Crippen molar-refractivity contribution in [2.45, 2.75) is 13.3 Å². The Morgan fingerprint density at radius 2 is 2.36 bits per heavy atom. The van der Waals surface area contributed by atoms with Gasteiger partial charge < -0.3 is 9.79 Å². The molecule has 0 aromatic heterocycles. The van der Waals surface area contributed by atoms with E-state index in [1.54, 1.807) is 13.0 Å². The zero-order valence-corrected chi connectivity index (χ0v) is 8.65. The first-order chi connectivity index (χ1) is 6.45. The highest BCUT2D eigenvalue weighted by Gasteiger charge is 2.11. The molecule has 0 aromatic carbocycles. The lowest BCUT2D eigenvalue weighted by Gasteiger charge is -2.01. The zero-order valence-electron chi connectivity index (χ0n) is 7.75. The van der Waals surface area contributed by atoms with Crippen molar-refractivity contribution in [1.29, 1.82) is 5.53 Å².